The fourth-order valence-corrected chi connectivity index (χ4v) is 2.43. The molecular formula is C14H22O. The minimum absolute atomic E-state index is 0.571. The quantitative estimate of drug-likeness (QED) is 0.721. The number of rotatable bonds is 4. The average Bonchev–Trinajstić information content (AvgIpc) is 2.17. The van der Waals surface area contributed by atoms with Gasteiger partial charge in [0.15, 0.2) is 0 Å². The fraction of sp³-hybridized carbons (Fsp3) is 0.571. The van der Waals surface area contributed by atoms with Crippen molar-refractivity contribution in [2.45, 2.75) is 33.6 Å². The Morgan fingerprint density at radius 3 is 1.93 bits per heavy atom. The summed E-state index contributed by atoms with van der Waals surface area (Å²) in [5, 5.41) is 0. The standard InChI is InChI=1S/C14H22O/c1-10(2)14(11(3)4)12-8-6-7-9-13(12)15-5/h6-11,14H,1-5H3. The molecule has 15 heavy (non-hydrogen) atoms. The molecule has 0 saturated heterocycles. The van der Waals surface area contributed by atoms with Gasteiger partial charge in [0.2, 0.25) is 0 Å². The summed E-state index contributed by atoms with van der Waals surface area (Å²) >= 11 is 0. The van der Waals surface area contributed by atoms with E-state index in [1.165, 1.54) is 5.56 Å². The van der Waals surface area contributed by atoms with Gasteiger partial charge in [0.25, 0.3) is 0 Å². The fourth-order valence-electron chi connectivity index (χ4n) is 2.43. The molecule has 1 heteroatoms. The lowest BCUT2D eigenvalue weighted by atomic mass is 9.80. The minimum atomic E-state index is 0.571. The van der Waals surface area contributed by atoms with Crippen LogP contribution in [-0.2, 0) is 0 Å². The van der Waals surface area contributed by atoms with Gasteiger partial charge in [-0.3, -0.25) is 0 Å². The second-order valence-corrected chi connectivity index (χ2v) is 4.76. The first-order valence-corrected chi connectivity index (χ1v) is 5.70. The molecule has 1 aromatic rings. The Bertz CT molecular complexity index is 294. The first-order valence-electron chi connectivity index (χ1n) is 5.70. The molecule has 0 heterocycles. The average molecular weight is 206 g/mol. The summed E-state index contributed by atoms with van der Waals surface area (Å²) in [6, 6.07) is 8.35. The van der Waals surface area contributed by atoms with Crippen molar-refractivity contribution in [2.24, 2.45) is 11.8 Å². The summed E-state index contributed by atoms with van der Waals surface area (Å²) in [7, 11) is 1.75. The molecule has 0 radical (unpaired) electrons. The minimum Gasteiger partial charge on any atom is -0.496 e. The predicted octanol–water partition coefficient (Wildman–Crippen LogP) is 4.09. The highest BCUT2D eigenvalue weighted by Crippen LogP contribution is 2.36. The molecular weight excluding hydrogens is 184 g/mol. The molecule has 1 rings (SSSR count). The van der Waals surface area contributed by atoms with E-state index in [-0.39, 0.29) is 0 Å². The Kier molecular flexibility index (Phi) is 4.19. The third kappa shape index (κ3) is 2.74. The summed E-state index contributed by atoms with van der Waals surface area (Å²) < 4.78 is 5.43. The van der Waals surface area contributed by atoms with Crippen LogP contribution in [0.1, 0.15) is 39.2 Å². The van der Waals surface area contributed by atoms with Gasteiger partial charge < -0.3 is 4.74 Å². The second-order valence-electron chi connectivity index (χ2n) is 4.76. The SMILES string of the molecule is COc1ccccc1C(C(C)C)C(C)C. The summed E-state index contributed by atoms with van der Waals surface area (Å²) in [4.78, 5) is 0. The van der Waals surface area contributed by atoms with E-state index in [1.54, 1.807) is 7.11 Å². The second kappa shape index (κ2) is 5.20. The van der Waals surface area contributed by atoms with E-state index in [1.807, 2.05) is 12.1 Å². The van der Waals surface area contributed by atoms with Crippen LogP contribution in [0, 0.1) is 11.8 Å². The van der Waals surface area contributed by atoms with E-state index in [2.05, 4.69) is 39.8 Å². The van der Waals surface area contributed by atoms with Crippen molar-refractivity contribution in [1.29, 1.82) is 0 Å². The predicted molar refractivity (Wildman–Crippen MR) is 65.4 cm³/mol. The molecule has 0 N–H and O–H groups in total. The monoisotopic (exact) mass is 206 g/mol. The highest BCUT2D eigenvalue weighted by atomic mass is 16.5. The smallest absolute Gasteiger partial charge is 0.122 e. The molecule has 84 valence electrons. The molecule has 1 nitrogen and oxygen atoms in total. The van der Waals surface area contributed by atoms with E-state index in [4.69, 9.17) is 4.74 Å². The molecule has 0 fully saturated rings. The maximum absolute atomic E-state index is 5.43. The lowest BCUT2D eigenvalue weighted by molar-refractivity contribution is 0.357. The van der Waals surface area contributed by atoms with Gasteiger partial charge in [-0.25, -0.2) is 0 Å². The summed E-state index contributed by atoms with van der Waals surface area (Å²) in [6.07, 6.45) is 0. The number of para-hydroxylation sites is 1. The topological polar surface area (TPSA) is 9.23 Å². The van der Waals surface area contributed by atoms with E-state index in [9.17, 15) is 0 Å². The molecule has 0 aliphatic rings. The van der Waals surface area contributed by atoms with Crippen LogP contribution in [-0.4, -0.2) is 7.11 Å². The zero-order valence-electron chi connectivity index (χ0n) is 10.4. The van der Waals surface area contributed by atoms with Crippen LogP contribution in [0.5, 0.6) is 5.75 Å². The Morgan fingerprint density at radius 1 is 0.933 bits per heavy atom. The van der Waals surface area contributed by atoms with Crippen LogP contribution in [0.15, 0.2) is 24.3 Å². The Morgan fingerprint density at radius 2 is 1.47 bits per heavy atom. The number of benzene rings is 1. The molecule has 0 saturated carbocycles. The first kappa shape index (κ1) is 12.1. The highest BCUT2D eigenvalue weighted by Gasteiger charge is 2.22. The van der Waals surface area contributed by atoms with Gasteiger partial charge in [-0.1, -0.05) is 45.9 Å². The Labute approximate surface area is 93.5 Å². The van der Waals surface area contributed by atoms with Gasteiger partial charge in [-0.2, -0.15) is 0 Å². The third-order valence-corrected chi connectivity index (χ3v) is 2.93. The van der Waals surface area contributed by atoms with Gasteiger partial charge in [-0.15, -0.1) is 0 Å². The zero-order valence-corrected chi connectivity index (χ0v) is 10.4. The Hall–Kier alpha value is -0.980. The van der Waals surface area contributed by atoms with E-state index in [0.717, 1.165) is 5.75 Å². The van der Waals surface area contributed by atoms with Crippen LogP contribution < -0.4 is 4.74 Å². The van der Waals surface area contributed by atoms with Crippen molar-refractivity contribution in [2.75, 3.05) is 7.11 Å². The van der Waals surface area contributed by atoms with Crippen molar-refractivity contribution in [3.8, 4) is 5.75 Å². The molecule has 0 unspecified atom stereocenters. The summed E-state index contributed by atoms with van der Waals surface area (Å²) in [6.45, 7) is 9.10. The largest absolute Gasteiger partial charge is 0.496 e. The van der Waals surface area contributed by atoms with Crippen LogP contribution in [0.25, 0.3) is 0 Å². The van der Waals surface area contributed by atoms with Crippen LogP contribution in [0.3, 0.4) is 0 Å². The normalized spacial score (nSPS) is 11.5. The summed E-state index contributed by atoms with van der Waals surface area (Å²) in [5.41, 5.74) is 1.34. The molecule has 0 spiro atoms. The van der Waals surface area contributed by atoms with Crippen molar-refractivity contribution in [1.82, 2.24) is 0 Å². The number of methoxy groups -OCH3 is 1. The van der Waals surface area contributed by atoms with Crippen molar-refractivity contribution in [3.05, 3.63) is 29.8 Å². The molecule has 0 atom stereocenters. The van der Waals surface area contributed by atoms with Crippen molar-refractivity contribution >= 4 is 0 Å². The molecule has 0 aliphatic heterocycles. The number of ether oxygens (including phenoxy) is 1. The molecule has 1 aromatic carbocycles. The van der Waals surface area contributed by atoms with E-state index in [0.29, 0.717) is 17.8 Å². The van der Waals surface area contributed by atoms with Gasteiger partial charge in [0.05, 0.1) is 7.11 Å². The first-order chi connectivity index (χ1) is 7.07. The van der Waals surface area contributed by atoms with Gasteiger partial charge >= 0.3 is 0 Å². The van der Waals surface area contributed by atoms with Gasteiger partial charge in [-0.05, 0) is 29.4 Å². The number of hydrogen-bond donors (Lipinski definition) is 0. The lowest BCUT2D eigenvalue weighted by Gasteiger charge is -2.26. The van der Waals surface area contributed by atoms with Crippen LogP contribution in [0.4, 0.5) is 0 Å². The maximum Gasteiger partial charge on any atom is 0.122 e. The molecule has 0 aromatic heterocycles. The lowest BCUT2D eigenvalue weighted by Crippen LogP contribution is -2.14. The number of hydrogen-bond acceptors (Lipinski definition) is 1. The Balaban J connectivity index is 3.10. The van der Waals surface area contributed by atoms with E-state index >= 15 is 0 Å². The summed E-state index contributed by atoms with van der Waals surface area (Å²) in [5.74, 6) is 2.87. The van der Waals surface area contributed by atoms with Gasteiger partial charge in [0, 0.05) is 0 Å². The zero-order chi connectivity index (χ0) is 11.4. The van der Waals surface area contributed by atoms with Crippen molar-refractivity contribution in [3.63, 3.8) is 0 Å². The molecule has 0 bridgehead atoms. The van der Waals surface area contributed by atoms with Crippen LogP contribution >= 0.6 is 0 Å². The molecule has 0 amide bonds. The highest BCUT2D eigenvalue weighted by molar-refractivity contribution is 5.36. The van der Waals surface area contributed by atoms with E-state index < -0.39 is 0 Å². The third-order valence-electron chi connectivity index (χ3n) is 2.93. The van der Waals surface area contributed by atoms with Gasteiger partial charge in [0.1, 0.15) is 5.75 Å². The maximum atomic E-state index is 5.43. The van der Waals surface area contributed by atoms with Crippen molar-refractivity contribution < 1.29 is 4.74 Å². The van der Waals surface area contributed by atoms with Crippen LogP contribution in [0.2, 0.25) is 0 Å². The molecule has 0 aliphatic carbocycles.